The van der Waals surface area contributed by atoms with Crippen molar-refractivity contribution in [1.82, 2.24) is 34.5 Å². The highest BCUT2D eigenvalue weighted by molar-refractivity contribution is 7.26. The summed E-state index contributed by atoms with van der Waals surface area (Å²) in [4.78, 5) is 34.9. The molecule has 18 heteroatoms. The van der Waals surface area contributed by atoms with Crippen molar-refractivity contribution in [1.29, 1.82) is 0 Å². The molecular formula is C44H49F5N8O4S. The van der Waals surface area contributed by atoms with E-state index >= 15 is 17.6 Å². The van der Waals surface area contributed by atoms with E-state index in [1.807, 2.05) is 25.7 Å². The normalized spacial score (nSPS) is 27.5. The van der Waals surface area contributed by atoms with Crippen molar-refractivity contribution in [2.75, 3.05) is 44.3 Å². The first kappa shape index (κ1) is 40.4. The zero-order chi connectivity index (χ0) is 42.9. The van der Waals surface area contributed by atoms with E-state index in [9.17, 15) is 9.18 Å². The molecule has 5 aliphatic heterocycles. The first-order valence-electron chi connectivity index (χ1n) is 21.9. The highest BCUT2D eigenvalue weighted by Crippen LogP contribution is 2.58. The molecule has 1 amide bonds. The van der Waals surface area contributed by atoms with Crippen molar-refractivity contribution in [3.63, 3.8) is 0 Å². The van der Waals surface area contributed by atoms with Gasteiger partial charge in [-0.05, 0) is 97.2 Å². The van der Waals surface area contributed by atoms with Gasteiger partial charge in [0.2, 0.25) is 0 Å². The molecule has 0 N–H and O–H groups in total. The SMILES string of the molecule is CC(C)(C)OC(=O)N1[C@@H]2CC[C@H]1CN(c1nc(OC[C@@]34CCCN3C[C@H](F)C4)nc3sc4c(-c5c(C6(F)CC6)c(C(F)(F)F)cc6c5cnn6C5CCCCO5)nccc4c13)C2. The predicted octanol–water partition coefficient (Wildman–Crippen LogP) is 9.48. The summed E-state index contributed by atoms with van der Waals surface area (Å²) in [5.74, 6) is 0.561. The molecule has 0 radical (unpaired) electrons. The Balaban J connectivity index is 1.08. The molecule has 0 spiro atoms. The predicted molar refractivity (Wildman–Crippen MR) is 223 cm³/mol. The summed E-state index contributed by atoms with van der Waals surface area (Å²) in [5, 5.41) is 6.26. The molecule has 330 valence electrons. The van der Waals surface area contributed by atoms with Crippen LogP contribution in [0, 0.1) is 0 Å². The number of carbonyl (C=O) groups excluding carboxylic acids is 1. The monoisotopic (exact) mass is 880 g/mol. The number of hydrogen-bond acceptors (Lipinski definition) is 11. The molecule has 1 aromatic carbocycles. The average Bonchev–Trinajstić information content (AvgIpc) is 3.63. The topological polar surface area (TPSA) is 111 Å². The number of alkyl halides is 5. The first-order chi connectivity index (χ1) is 29.6. The van der Waals surface area contributed by atoms with Crippen molar-refractivity contribution in [3.8, 4) is 17.3 Å². The number of thiophene rings is 1. The van der Waals surface area contributed by atoms with E-state index in [1.165, 1.54) is 22.2 Å². The standard InChI is InChI=1S/C44H49F5N8O4S/c1-41(2,3)61-40(58)56-25-8-9-26(56)22-54(21-25)37-33-27-10-14-50-35(36(27)62-38(33)53-39(52-37)60-23-42-11-6-15-55(42)20-24(45)18-42)32-28-19-51-57(31-7-4-5-16-59-31)30(28)17-29(44(47,48)49)34(32)43(46)12-13-43/h10,14,17,19,24-26,31H,4-9,11-13,15-16,18,20-23H2,1-3H3/t24-,25-,26+,31?,42+/m1/s1. The zero-order valence-corrected chi connectivity index (χ0v) is 35.8. The highest BCUT2D eigenvalue weighted by Gasteiger charge is 2.53. The van der Waals surface area contributed by atoms with Crippen LogP contribution in [0.3, 0.4) is 0 Å². The summed E-state index contributed by atoms with van der Waals surface area (Å²) in [7, 11) is 0. The third kappa shape index (κ3) is 6.67. The van der Waals surface area contributed by atoms with Gasteiger partial charge in [0.25, 0.3) is 0 Å². The van der Waals surface area contributed by atoms with Crippen LogP contribution in [-0.4, -0.2) is 109 Å². The number of hydrogen-bond donors (Lipinski definition) is 0. The molecule has 9 heterocycles. The maximum Gasteiger partial charge on any atom is 0.416 e. The molecule has 6 fully saturated rings. The molecule has 1 saturated carbocycles. The molecule has 62 heavy (non-hydrogen) atoms. The van der Waals surface area contributed by atoms with Gasteiger partial charge in [-0.1, -0.05) is 0 Å². The van der Waals surface area contributed by atoms with Crippen LogP contribution >= 0.6 is 11.3 Å². The molecule has 4 aromatic heterocycles. The van der Waals surface area contributed by atoms with E-state index < -0.39 is 46.5 Å². The minimum absolute atomic E-state index is 0.0488. The number of anilines is 1. The largest absolute Gasteiger partial charge is 0.461 e. The van der Waals surface area contributed by atoms with E-state index in [4.69, 9.17) is 29.2 Å². The van der Waals surface area contributed by atoms with E-state index in [2.05, 4.69) is 14.9 Å². The second-order valence-electron chi connectivity index (χ2n) is 19.2. The summed E-state index contributed by atoms with van der Waals surface area (Å²) in [6, 6.07) is 2.63. The molecule has 12 nitrogen and oxygen atoms in total. The Morgan fingerprint density at radius 2 is 1.81 bits per heavy atom. The van der Waals surface area contributed by atoms with Gasteiger partial charge in [0.1, 0.15) is 34.7 Å². The van der Waals surface area contributed by atoms with E-state index in [1.54, 1.807) is 12.3 Å². The molecule has 6 aliphatic rings. The van der Waals surface area contributed by atoms with Crippen molar-refractivity contribution in [2.24, 2.45) is 0 Å². The summed E-state index contributed by atoms with van der Waals surface area (Å²) in [5.41, 5.74) is -4.34. The van der Waals surface area contributed by atoms with Crippen LogP contribution in [0.25, 0.3) is 42.5 Å². The van der Waals surface area contributed by atoms with Gasteiger partial charge in [0.15, 0.2) is 6.23 Å². The van der Waals surface area contributed by atoms with Gasteiger partial charge >= 0.3 is 18.3 Å². The number of nitrogens with zero attached hydrogens (tertiary/aromatic N) is 8. The minimum atomic E-state index is -4.88. The number of piperazine rings is 1. The molecule has 2 bridgehead atoms. The van der Waals surface area contributed by atoms with Crippen molar-refractivity contribution < 1.29 is 41.0 Å². The van der Waals surface area contributed by atoms with Gasteiger partial charge in [0, 0.05) is 60.8 Å². The van der Waals surface area contributed by atoms with Crippen molar-refractivity contribution in [3.05, 3.63) is 35.7 Å². The van der Waals surface area contributed by atoms with Crippen LogP contribution in [-0.2, 0) is 21.3 Å². The lowest BCUT2D eigenvalue weighted by Crippen LogP contribution is -2.57. The second-order valence-corrected chi connectivity index (χ2v) is 20.2. The van der Waals surface area contributed by atoms with Gasteiger partial charge in [0.05, 0.1) is 50.7 Å². The zero-order valence-electron chi connectivity index (χ0n) is 34.9. The number of benzene rings is 1. The summed E-state index contributed by atoms with van der Waals surface area (Å²) in [6.45, 7) is 8.25. The molecular weight excluding hydrogens is 832 g/mol. The van der Waals surface area contributed by atoms with Crippen LogP contribution < -0.4 is 9.64 Å². The number of rotatable bonds is 7. The maximum atomic E-state index is 16.7. The average molecular weight is 881 g/mol. The molecule has 5 saturated heterocycles. The number of amides is 1. The highest BCUT2D eigenvalue weighted by atomic mass is 32.1. The first-order valence-corrected chi connectivity index (χ1v) is 22.7. The molecule has 5 atom stereocenters. The van der Waals surface area contributed by atoms with Crippen molar-refractivity contribution >= 4 is 54.5 Å². The Morgan fingerprint density at radius 3 is 2.52 bits per heavy atom. The lowest BCUT2D eigenvalue weighted by atomic mass is 9.89. The summed E-state index contributed by atoms with van der Waals surface area (Å²) >= 11 is 1.25. The fraction of sp³-hybridized carbons (Fsp3) is 0.614. The van der Waals surface area contributed by atoms with Crippen molar-refractivity contribution in [2.45, 2.75) is 132 Å². The number of fused-ring (bicyclic) bond motifs is 7. The van der Waals surface area contributed by atoms with Crippen LogP contribution in [0.1, 0.15) is 102 Å². The van der Waals surface area contributed by atoms with Gasteiger partial charge in [-0.25, -0.2) is 18.3 Å². The van der Waals surface area contributed by atoms with E-state index in [0.29, 0.717) is 70.6 Å². The lowest BCUT2D eigenvalue weighted by Gasteiger charge is -2.42. The van der Waals surface area contributed by atoms with Crippen LogP contribution in [0.5, 0.6) is 6.01 Å². The number of halogens is 5. The number of ether oxygens (including phenoxy) is 3. The third-order valence-corrected chi connectivity index (χ3v) is 14.9. The van der Waals surface area contributed by atoms with Gasteiger partial charge in [-0.15, -0.1) is 11.3 Å². The van der Waals surface area contributed by atoms with E-state index in [-0.39, 0.29) is 60.4 Å². The number of carbonyl (C=O) groups is 1. The Kier molecular flexibility index (Phi) is 9.30. The Morgan fingerprint density at radius 1 is 1.02 bits per heavy atom. The fourth-order valence-corrected chi connectivity index (χ4v) is 12.2. The third-order valence-electron chi connectivity index (χ3n) is 13.8. The van der Waals surface area contributed by atoms with Gasteiger partial charge in [-0.2, -0.15) is 28.2 Å². The molecule has 1 unspecified atom stereocenters. The van der Waals surface area contributed by atoms with E-state index in [0.717, 1.165) is 51.1 Å². The van der Waals surface area contributed by atoms with Crippen LogP contribution in [0.2, 0.25) is 0 Å². The second kappa shape index (κ2) is 14.3. The lowest BCUT2D eigenvalue weighted by molar-refractivity contribution is -0.138. The Bertz CT molecular complexity index is 2590. The van der Waals surface area contributed by atoms with Crippen LogP contribution in [0.15, 0.2) is 24.5 Å². The fourth-order valence-electron chi connectivity index (χ4n) is 11.0. The summed E-state index contributed by atoms with van der Waals surface area (Å²) < 4.78 is 97.6. The Hall–Kier alpha value is -4.42. The molecule has 11 rings (SSSR count). The molecule has 1 aliphatic carbocycles. The Labute approximate surface area is 358 Å². The maximum absolute atomic E-state index is 16.7. The van der Waals surface area contributed by atoms with Crippen LogP contribution in [0.4, 0.5) is 32.6 Å². The number of aromatic nitrogens is 5. The minimum Gasteiger partial charge on any atom is -0.461 e. The smallest absolute Gasteiger partial charge is 0.416 e. The van der Waals surface area contributed by atoms with Gasteiger partial charge in [-0.3, -0.25) is 14.8 Å². The van der Waals surface area contributed by atoms with Gasteiger partial charge < -0.3 is 19.1 Å². The summed E-state index contributed by atoms with van der Waals surface area (Å²) in [6.07, 6.45) is 2.13. The number of pyridine rings is 1. The molecule has 5 aromatic rings. The quantitative estimate of drug-likeness (QED) is 0.147.